The van der Waals surface area contributed by atoms with Gasteiger partial charge in [-0.25, -0.2) is 0 Å². The van der Waals surface area contributed by atoms with E-state index in [1.54, 1.807) is 0 Å². The number of amides is 2. The van der Waals surface area contributed by atoms with Gasteiger partial charge in [0.05, 0.1) is 0 Å². The summed E-state index contributed by atoms with van der Waals surface area (Å²) in [4.78, 5) is 27.5. The second-order valence-corrected chi connectivity index (χ2v) is 9.09. The number of unbranched alkanes of at least 4 members (excludes halogenated alkanes) is 2. The number of anilines is 2. The Morgan fingerprint density at radius 1 is 1.00 bits per heavy atom. The number of benzene rings is 2. The molecule has 1 atom stereocenters. The van der Waals surface area contributed by atoms with Crippen LogP contribution in [0.4, 0.5) is 10.8 Å². The Morgan fingerprint density at radius 2 is 1.73 bits per heavy atom. The molecule has 2 amide bonds. The minimum Gasteiger partial charge on any atom is -0.378 e. The van der Waals surface area contributed by atoms with E-state index in [1.165, 1.54) is 11.3 Å². The van der Waals surface area contributed by atoms with Gasteiger partial charge in [0.25, 0.3) is 0 Å². The minimum atomic E-state index is -0.687. The molecule has 0 radical (unpaired) electrons. The van der Waals surface area contributed by atoms with Crippen molar-refractivity contribution in [3.05, 3.63) is 60.2 Å². The highest BCUT2D eigenvalue weighted by Crippen LogP contribution is 2.28. The smallest absolute Gasteiger partial charge is 0.249 e. The van der Waals surface area contributed by atoms with Crippen LogP contribution in [0.15, 0.2) is 54.6 Å². The molecule has 0 aliphatic rings. The molecule has 2 aromatic carbocycles. The molecule has 174 valence electrons. The number of carbonyl (C=O) groups excluding carboxylic acids is 2. The number of rotatable bonds is 11. The Bertz CT molecular complexity index is 1030. The molecule has 1 unspecified atom stereocenters. The topological polar surface area (TPSA) is 87.2 Å². The predicted molar refractivity (Wildman–Crippen MR) is 135 cm³/mol. The summed E-state index contributed by atoms with van der Waals surface area (Å²) in [5.74, 6) is -0.410. The molecule has 33 heavy (non-hydrogen) atoms. The van der Waals surface area contributed by atoms with E-state index in [0.29, 0.717) is 18.0 Å². The number of aromatic nitrogens is 2. The molecule has 3 aromatic rings. The quantitative estimate of drug-likeness (QED) is 0.407. The Morgan fingerprint density at radius 3 is 2.39 bits per heavy atom. The Hall–Kier alpha value is -3.26. The average Bonchev–Trinajstić information content (AvgIpc) is 3.28. The van der Waals surface area contributed by atoms with Crippen molar-refractivity contribution in [1.29, 1.82) is 0 Å². The van der Waals surface area contributed by atoms with E-state index in [9.17, 15) is 9.59 Å². The van der Waals surface area contributed by atoms with Gasteiger partial charge in [-0.2, -0.15) is 0 Å². The van der Waals surface area contributed by atoms with Crippen molar-refractivity contribution in [2.75, 3.05) is 24.3 Å². The number of hydrogen-bond acceptors (Lipinski definition) is 6. The normalized spacial score (nSPS) is 11.6. The van der Waals surface area contributed by atoms with Gasteiger partial charge in [0.2, 0.25) is 16.9 Å². The van der Waals surface area contributed by atoms with Gasteiger partial charge in [0.15, 0.2) is 0 Å². The van der Waals surface area contributed by atoms with Crippen LogP contribution in [0.25, 0.3) is 10.6 Å². The van der Waals surface area contributed by atoms with Gasteiger partial charge in [0, 0.05) is 38.2 Å². The maximum absolute atomic E-state index is 13.1. The highest BCUT2D eigenvalue weighted by molar-refractivity contribution is 7.18. The molecule has 2 N–H and O–H groups in total. The zero-order valence-corrected chi connectivity index (χ0v) is 20.2. The molecule has 0 spiro atoms. The van der Waals surface area contributed by atoms with Crippen molar-refractivity contribution in [2.24, 2.45) is 0 Å². The summed E-state index contributed by atoms with van der Waals surface area (Å²) in [6, 6.07) is 17.0. The first-order chi connectivity index (χ1) is 16.0. The Labute approximate surface area is 199 Å². The first kappa shape index (κ1) is 24.4. The molecule has 0 aliphatic heterocycles. The molecule has 1 heterocycles. The SMILES string of the molecule is CCCCCC(=O)NC(Cc1ccccc1)C(=O)Nc1nnc(-c2ccc(N(C)C)cc2)s1. The van der Waals surface area contributed by atoms with Crippen LogP contribution >= 0.6 is 11.3 Å². The lowest BCUT2D eigenvalue weighted by atomic mass is 10.0. The highest BCUT2D eigenvalue weighted by atomic mass is 32.1. The molecule has 7 nitrogen and oxygen atoms in total. The third-order valence-electron chi connectivity index (χ3n) is 5.23. The summed E-state index contributed by atoms with van der Waals surface area (Å²) in [7, 11) is 3.98. The first-order valence-corrected chi connectivity index (χ1v) is 12.0. The molecular formula is C25H31N5O2S. The monoisotopic (exact) mass is 465 g/mol. The third-order valence-corrected chi connectivity index (χ3v) is 6.12. The molecule has 0 saturated carbocycles. The number of nitrogens with one attached hydrogen (secondary N) is 2. The van der Waals surface area contributed by atoms with Crippen molar-refractivity contribution in [3.8, 4) is 10.6 Å². The number of carbonyl (C=O) groups is 2. The fraction of sp³-hybridized carbons (Fsp3) is 0.360. The minimum absolute atomic E-state index is 0.113. The van der Waals surface area contributed by atoms with Crippen molar-refractivity contribution in [1.82, 2.24) is 15.5 Å². The van der Waals surface area contributed by atoms with Crippen molar-refractivity contribution >= 4 is 34.0 Å². The van der Waals surface area contributed by atoms with Crippen LogP contribution in [-0.4, -0.2) is 42.1 Å². The molecule has 0 bridgehead atoms. The van der Waals surface area contributed by atoms with Gasteiger partial charge in [-0.3, -0.25) is 14.9 Å². The van der Waals surface area contributed by atoms with Crippen LogP contribution < -0.4 is 15.5 Å². The molecule has 3 rings (SSSR count). The lowest BCUT2D eigenvalue weighted by molar-refractivity contribution is -0.126. The maximum Gasteiger partial charge on any atom is 0.249 e. The zero-order chi connectivity index (χ0) is 23.6. The van der Waals surface area contributed by atoms with Crippen molar-refractivity contribution in [3.63, 3.8) is 0 Å². The van der Waals surface area contributed by atoms with Crippen molar-refractivity contribution in [2.45, 2.75) is 45.1 Å². The van der Waals surface area contributed by atoms with E-state index < -0.39 is 6.04 Å². The van der Waals surface area contributed by atoms with E-state index >= 15 is 0 Å². The van der Waals surface area contributed by atoms with Crippen LogP contribution in [0.2, 0.25) is 0 Å². The van der Waals surface area contributed by atoms with Crippen molar-refractivity contribution < 1.29 is 9.59 Å². The summed E-state index contributed by atoms with van der Waals surface area (Å²) in [5.41, 5.74) is 3.00. The molecular weight excluding hydrogens is 434 g/mol. The summed E-state index contributed by atoms with van der Waals surface area (Å²) in [6.45, 7) is 2.09. The van der Waals surface area contributed by atoms with Crippen LogP contribution in [-0.2, 0) is 16.0 Å². The maximum atomic E-state index is 13.1. The van der Waals surface area contributed by atoms with Gasteiger partial charge in [0.1, 0.15) is 11.0 Å². The number of nitrogens with zero attached hydrogens (tertiary/aromatic N) is 3. The van der Waals surface area contributed by atoms with Gasteiger partial charge >= 0.3 is 0 Å². The second-order valence-electron chi connectivity index (χ2n) is 8.11. The summed E-state index contributed by atoms with van der Waals surface area (Å²) in [5, 5.41) is 15.2. The molecule has 8 heteroatoms. The Kier molecular flexibility index (Phi) is 8.95. The van der Waals surface area contributed by atoms with Crippen LogP contribution in [0.3, 0.4) is 0 Å². The average molecular weight is 466 g/mol. The van der Waals surface area contributed by atoms with Crippen LogP contribution in [0.5, 0.6) is 0 Å². The summed E-state index contributed by atoms with van der Waals surface area (Å²) >= 11 is 1.31. The second kappa shape index (κ2) is 12.1. The van der Waals surface area contributed by atoms with Gasteiger partial charge in [-0.05, 0) is 36.2 Å². The highest BCUT2D eigenvalue weighted by Gasteiger charge is 2.22. The first-order valence-electron chi connectivity index (χ1n) is 11.2. The third kappa shape index (κ3) is 7.39. The fourth-order valence-corrected chi connectivity index (χ4v) is 4.10. The molecule has 1 aromatic heterocycles. The van der Waals surface area contributed by atoms with Gasteiger partial charge in [-0.1, -0.05) is 61.4 Å². The predicted octanol–water partition coefficient (Wildman–Crippen LogP) is 4.52. The number of hydrogen-bond donors (Lipinski definition) is 2. The Balaban J connectivity index is 1.68. The fourth-order valence-electron chi connectivity index (χ4n) is 3.35. The summed E-state index contributed by atoms with van der Waals surface area (Å²) in [6.07, 6.45) is 3.67. The van der Waals surface area contributed by atoms with E-state index in [2.05, 4.69) is 27.8 Å². The van der Waals surface area contributed by atoms with E-state index in [1.807, 2.05) is 73.6 Å². The van der Waals surface area contributed by atoms with Gasteiger partial charge < -0.3 is 10.2 Å². The standard InChI is InChI=1S/C25H31N5O2S/c1-4-5-7-12-22(31)26-21(17-18-10-8-6-9-11-18)23(32)27-25-29-28-24(33-25)19-13-15-20(16-14-19)30(2)3/h6,8-11,13-16,21H,4-5,7,12,17H2,1-3H3,(H,26,31)(H,27,29,32). The van der Waals surface area contributed by atoms with E-state index in [0.717, 1.165) is 41.1 Å². The van der Waals surface area contributed by atoms with E-state index in [4.69, 9.17) is 0 Å². The molecule has 0 aliphatic carbocycles. The molecule has 0 fully saturated rings. The zero-order valence-electron chi connectivity index (χ0n) is 19.4. The largest absolute Gasteiger partial charge is 0.378 e. The molecule has 0 saturated heterocycles. The summed E-state index contributed by atoms with van der Waals surface area (Å²) < 4.78 is 0. The van der Waals surface area contributed by atoms with Crippen LogP contribution in [0, 0.1) is 0 Å². The lowest BCUT2D eigenvalue weighted by Crippen LogP contribution is -2.45. The lowest BCUT2D eigenvalue weighted by Gasteiger charge is -2.18. The van der Waals surface area contributed by atoms with Crippen LogP contribution in [0.1, 0.15) is 38.2 Å². The van der Waals surface area contributed by atoms with E-state index in [-0.39, 0.29) is 11.8 Å². The van der Waals surface area contributed by atoms with Gasteiger partial charge in [-0.15, -0.1) is 10.2 Å².